The lowest BCUT2D eigenvalue weighted by Crippen LogP contribution is -2.08. The highest BCUT2D eigenvalue weighted by Crippen LogP contribution is 2.15. The molecule has 0 spiro atoms. The Morgan fingerprint density at radius 1 is 1.47 bits per heavy atom. The van der Waals surface area contributed by atoms with Crippen LogP contribution in [0.1, 0.15) is 0 Å². The van der Waals surface area contributed by atoms with Gasteiger partial charge in [0.2, 0.25) is 0 Å². The van der Waals surface area contributed by atoms with Crippen molar-refractivity contribution in [3.63, 3.8) is 0 Å². The fourth-order valence-electron chi connectivity index (χ4n) is 1.53. The van der Waals surface area contributed by atoms with E-state index in [4.69, 9.17) is 5.73 Å². The molecule has 86 valence electrons. The van der Waals surface area contributed by atoms with Crippen LogP contribution in [-0.2, 0) is 0 Å². The number of nitrogens with zero attached hydrogens (tertiary/aromatic N) is 4. The Hall–Kier alpha value is -2.43. The van der Waals surface area contributed by atoms with Crippen LogP contribution in [0.25, 0.3) is 16.7 Å². The summed E-state index contributed by atoms with van der Waals surface area (Å²) in [6.45, 7) is 3.65. The van der Waals surface area contributed by atoms with Crippen molar-refractivity contribution >= 4 is 22.9 Å². The minimum atomic E-state index is 0.506. The number of aliphatic imine (C=N–C) groups is 1. The van der Waals surface area contributed by atoms with Gasteiger partial charge >= 0.3 is 0 Å². The lowest BCUT2D eigenvalue weighted by molar-refractivity contribution is 0.846. The summed E-state index contributed by atoms with van der Waals surface area (Å²) < 4.78 is 1.65. The zero-order valence-electron chi connectivity index (χ0n) is 9.54. The van der Waals surface area contributed by atoms with E-state index in [0.29, 0.717) is 11.4 Å². The van der Waals surface area contributed by atoms with Gasteiger partial charge in [-0.3, -0.25) is 4.99 Å². The minimum absolute atomic E-state index is 0.506. The fourth-order valence-corrected chi connectivity index (χ4v) is 1.53. The molecular weight excluding hydrogens is 214 g/mol. The average molecular weight is 227 g/mol. The lowest BCUT2D eigenvalue weighted by Gasteiger charge is -2.04. The maximum Gasteiger partial charge on any atom is 0.113 e. The molecule has 5 nitrogen and oxygen atoms in total. The molecule has 0 radical (unpaired) electrons. The molecule has 0 aliphatic heterocycles. The Bertz CT molecular complexity index is 606. The number of fused-ring (bicyclic) bond motifs is 1. The van der Waals surface area contributed by atoms with E-state index in [0.717, 1.165) is 11.0 Å². The number of allylic oxidation sites excluding steroid dienone is 2. The lowest BCUT2D eigenvalue weighted by atomic mass is 10.3. The molecule has 0 amide bonds. The Morgan fingerprint density at radius 3 is 2.94 bits per heavy atom. The van der Waals surface area contributed by atoms with Gasteiger partial charge in [0.25, 0.3) is 0 Å². The fraction of sp³-hybridized carbons (Fsp3) is 0.0833. The number of hydrogen-bond donors (Lipinski definition) is 1. The molecule has 17 heavy (non-hydrogen) atoms. The van der Waals surface area contributed by atoms with Crippen LogP contribution in [0, 0.1) is 0 Å². The Labute approximate surface area is 99.0 Å². The smallest absolute Gasteiger partial charge is 0.113 e. The van der Waals surface area contributed by atoms with E-state index < -0.39 is 0 Å². The summed E-state index contributed by atoms with van der Waals surface area (Å²) >= 11 is 0. The highest BCUT2D eigenvalue weighted by Gasteiger charge is 2.08. The van der Waals surface area contributed by atoms with Crippen LogP contribution in [-0.4, -0.2) is 28.3 Å². The van der Waals surface area contributed by atoms with Crippen LogP contribution in [0.15, 0.2) is 47.6 Å². The van der Waals surface area contributed by atoms with Gasteiger partial charge in [0, 0.05) is 13.3 Å². The summed E-state index contributed by atoms with van der Waals surface area (Å²) in [5.74, 6) is 0. The van der Waals surface area contributed by atoms with Gasteiger partial charge in [-0.15, -0.1) is 5.10 Å². The first-order valence-electron chi connectivity index (χ1n) is 5.13. The summed E-state index contributed by atoms with van der Waals surface area (Å²) in [6, 6.07) is 7.65. The zero-order chi connectivity index (χ0) is 12.3. The molecule has 2 aromatic rings. The number of hydrogen-bond acceptors (Lipinski definition) is 4. The van der Waals surface area contributed by atoms with E-state index in [1.165, 1.54) is 0 Å². The van der Waals surface area contributed by atoms with Crippen LogP contribution < -0.4 is 5.73 Å². The first-order valence-corrected chi connectivity index (χ1v) is 5.13. The van der Waals surface area contributed by atoms with E-state index >= 15 is 0 Å². The van der Waals surface area contributed by atoms with Gasteiger partial charge in [0.1, 0.15) is 11.2 Å². The quantitative estimate of drug-likeness (QED) is 0.637. The number of para-hydroxylation sites is 1. The second-order valence-corrected chi connectivity index (χ2v) is 3.42. The number of aromatic nitrogens is 3. The predicted molar refractivity (Wildman–Crippen MR) is 69.5 cm³/mol. The Morgan fingerprint density at radius 2 is 2.24 bits per heavy atom. The average Bonchev–Trinajstić information content (AvgIpc) is 2.79. The molecule has 0 saturated heterocycles. The Kier molecular flexibility index (Phi) is 3.00. The maximum atomic E-state index is 5.87. The number of nitrogens with two attached hydrogens (primary N) is 1. The summed E-state index contributed by atoms with van der Waals surface area (Å²) in [4.78, 5) is 3.97. The molecule has 0 unspecified atom stereocenters. The topological polar surface area (TPSA) is 69.1 Å². The van der Waals surface area contributed by atoms with Crippen molar-refractivity contribution in [1.29, 1.82) is 0 Å². The maximum absolute atomic E-state index is 5.87. The standard InChI is InChI=1S/C12H13N5/c1-3-9(13)12(8-14-2)17-11-7-5-4-6-10(11)15-16-17/h3-8H,1,13H2,2H3. The molecule has 0 atom stereocenters. The monoisotopic (exact) mass is 227 g/mol. The third-order valence-corrected chi connectivity index (χ3v) is 2.35. The number of rotatable bonds is 3. The molecule has 0 saturated carbocycles. The van der Waals surface area contributed by atoms with Gasteiger partial charge in [-0.2, -0.15) is 0 Å². The molecule has 1 aromatic heterocycles. The number of benzene rings is 1. The molecule has 1 aromatic carbocycles. The van der Waals surface area contributed by atoms with Crippen LogP contribution in [0.3, 0.4) is 0 Å². The van der Waals surface area contributed by atoms with Gasteiger partial charge in [-0.1, -0.05) is 23.9 Å². The van der Waals surface area contributed by atoms with Crippen molar-refractivity contribution < 1.29 is 0 Å². The molecule has 1 heterocycles. The molecule has 0 aliphatic carbocycles. The van der Waals surface area contributed by atoms with E-state index in [2.05, 4.69) is 21.9 Å². The molecule has 2 rings (SSSR count). The summed E-state index contributed by atoms with van der Waals surface area (Å²) in [7, 11) is 1.68. The van der Waals surface area contributed by atoms with Crippen molar-refractivity contribution in [3.05, 3.63) is 42.6 Å². The van der Waals surface area contributed by atoms with Crippen molar-refractivity contribution in [2.24, 2.45) is 10.7 Å². The normalized spacial score (nSPS) is 13.0. The summed E-state index contributed by atoms with van der Waals surface area (Å²) in [5.41, 5.74) is 8.73. The van der Waals surface area contributed by atoms with Crippen LogP contribution in [0.4, 0.5) is 0 Å². The van der Waals surface area contributed by atoms with Gasteiger partial charge in [-0.25, -0.2) is 4.68 Å². The van der Waals surface area contributed by atoms with Gasteiger partial charge in [0.15, 0.2) is 0 Å². The van der Waals surface area contributed by atoms with Crippen molar-refractivity contribution in [3.8, 4) is 0 Å². The first-order chi connectivity index (χ1) is 8.27. The SMILES string of the molecule is C=CC(N)=C(C=NC)n1nnc2ccccc21. The second kappa shape index (κ2) is 4.61. The highest BCUT2D eigenvalue weighted by atomic mass is 15.4. The Balaban J connectivity index is 2.69. The van der Waals surface area contributed by atoms with E-state index in [1.54, 1.807) is 24.0 Å². The largest absolute Gasteiger partial charge is 0.397 e. The molecular formula is C12H13N5. The van der Waals surface area contributed by atoms with Crippen molar-refractivity contribution in [2.45, 2.75) is 0 Å². The van der Waals surface area contributed by atoms with Gasteiger partial charge in [-0.05, 0) is 18.2 Å². The summed E-state index contributed by atoms with van der Waals surface area (Å²) in [6.07, 6.45) is 3.20. The van der Waals surface area contributed by atoms with E-state index in [9.17, 15) is 0 Å². The first kappa shape index (κ1) is 11.1. The second-order valence-electron chi connectivity index (χ2n) is 3.42. The zero-order valence-corrected chi connectivity index (χ0v) is 9.54. The van der Waals surface area contributed by atoms with Crippen molar-refractivity contribution in [1.82, 2.24) is 15.0 Å². The van der Waals surface area contributed by atoms with Crippen molar-refractivity contribution in [2.75, 3.05) is 7.05 Å². The third kappa shape index (κ3) is 1.94. The highest BCUT2D eigenvalue weighted by molar-refractivity contribution is 6.05. The van der Waals surface area contributed by atoms with Crippen LogP contribution in [0.5, 0.6) is 0 Å². The van der Waals surface area contributed by atoms with Crippen LogP contribution >= 0.6 is 0 Å². The molecule has 2 N–H and O–H groups in total. The molecule has 5 heteroatoms. The molecule has 0 fully saturated rings. The molecule has 0 aliphatic rings. The minimum Gasteiger partial charge on any atom is -0.397 e. The van der Waals surface area contributed by atoms with E-state index in [-0.39, 0.29) is 0 Å². The van der Waals surface area contributed by atoms with Crippen LogP contribution in [0.2, 0.25) is 0 Å². The summed E-state index contributed by atoms with van der Waals surface area (Å²) in [5, 5.41) is 8.14. The molecule has 0 bridgehead atoms. The predicted octanol–water partition coefficient (Wildman–Crippen LogP) is 1.45. The van der Waals surface area contributed by atoms with Gasteiger partial charge < -0.3 is 5.73 Å². The third-order valence-electron chi connectivity index (χ3n) is 2.35. The van der Waals surface area contributed by atoms with E-state index in [1.807, 2.05) is 24.3 Å². The van der Waals surface area contributed by atoms with Gasteiger partial charge in [0.05, 0.1) is 11.2 Å².